The van der Waals surface area contributed by atoms with E-state index in [1.807, 2.05) is 0 Å². The van der Waals surface area contributed by atoms with E-state index in [2.05, 4.69) is 5.32 Å². The van der Waals surface area contributed by atoms with Crippen LogP contribution in [0.25, 0.3) is 0 Å². The SMILES string of the molecule is CC(C)(Oc1ccc(F)cc1)C(=O)N[C@@H](CCO)C(=O)O. The van der Waals surface area contributed by atoms with Gasteiger partial charge in [0.15, 0.2) is 5.60 Å². The summed E-state index contributed by atoms with van der Waals surface area (Å²) in [5.41, 5.74) is -1.35. The highest BCUT2D eigenvalue weighted by atomic mass is 19.1. The fraction of sp³-hybridized carbons (Fsp3) is 0.429. The van der Waals surface area contributed by atoms with Crippen LogP contribution < -0.4 is 10.1 Å². The Labute approximate surface area is 121 Å². The van der Waals surface area contributed by atoms with Gasteiger partial charge in [-0.25, -0.2) is 9.18 Å². The number of carbonyl (C=O) groups is 2. The Morgan fingerprint density at radius 1 is 1.33 bits per heavy atom. The summed E-state index contributed by atoms with van der Waals surface area (Å²) in [5.74, 6) is -2.04. The van der Waals surface area contributed by atoms with Crippen LogP contribution in [-0.4, -0.2) is 40.3 Å². The maximum Gasteiger partial charge on any atom is 0.326 e. The number of hydrogen-bond acceptors (Lipinski definition) is 4. The molecule has 0 aromatic heterocycles. The Bertz CT molecular complexity index is 501. The Balaban J connectivity index is 2.74. The molecule has 0 unspecified atom stereocenters. The number of halogens is 1. The van der Waals surface area contributed by atoms with E-state index < -0.39 is 29.3 Å². The van der Waals surface area contributed by atoms with Crippen molar-refractivity contribution in [3.63, 3.8) is 0 Å². The second-order valence-corrected chi connectivity index (χ2v) is 4.94. The molecule has 0 saturated heterocycles. The number of hydrogen-bond donors (Lipinski definition) is 3. The van der Waals surface area contributed by atoms with Gasteiger partial charge in [0.1, 0.15) is 17.6 Å². The van der Waals surface area contributed by atoms with Gasteiger partial charge in [-0.3, -0.25) is 4.79 Å². The van der Waals surface area contributed by atoms with Crippen molar-refractivity contribution in [1.82, 2.24) is 5.32 Å². The zero-order valence-electron chi connectivity index (χ0n) is 11.8. The second kappa shape index (κ2) is 7.03. The smallest absolute Gasteiger partial charge is 0.326 e. The first-order valence-electron chi connectivity index (χ1n) is 6.35. The molecular weight excluding hydrogens is 281 g/mol. The normalized spacial score (nSPS) is 12.6. The molecule has 1 amide bonds. The molecule has 0 aliphatic heterocycles. The van der Waals surface area contributed by atoms with Crippen LogP contribution in [0, 0.1) is 5.82 Å². The van der Waals surface area contributed by atoms with Crippen LogP contribution in [0.1, 0.15) is 20.3 Å². The van der Waals surface area contributed by atoms with Crippen LogP contribution in [-0.2, 0) is 9.59 Å². The molecule has 0 bridgehead atoms. The van der Waals surface area contributed by atoms with E-state index in [0.29, 0.717) is 0 Å². The minimum absolute atomic E-state index is 0.103. The molecule has 7 heteroatoms. The van der Waals surface area contributed by atoms with Gasteiger partial charge in [-0.1, -0.05) is 0 Å². The quantitative estimate of drug-likeness (QED) is 0.696. The van der Waals surface area contributed by atoms with Crippen molar-refractivity contribution < 1.29 is 28.9 Å². The zero-order valence-corrected chi connectivity index (χ0v) is 11.8. The number of aliphatic hydroxyl groups is 1. The van der Waals surface area contributed by atoms with E-state index in [0.717, 1.165) is 0 Å². The number of nitrogens with one attached hydrogen (secondary N) is 1. The van der Waals surface area contributed by atoms with Crippen molar-refractivity contribution in [1.29, 1.82) is 0 Å². The Kier molecular flexibility index (Phi) is 5.66. The van der Waals surface area contributed by atoms with Crippen molar-refractivity contribution in [2.45, 2.75) is 31.9 Å². The van der Waals surface area contributed by atoms with E-state index in [-0.39, 0.29) is 18.8 Å². The molecule has 116 valence electrons. The van der Waals surface area contributed by atoms with Gasteiger partial charge < -0.3 is 20.3 Å². The summed E-state index contributed by atoms with van der Waals surface area (Å²) in [4.78, 5) is 23.0. The van der Waals surface area contributed by atoms with Crippen LogP contribution in [0.5, 0.6) is 5.75 Å². The number of amides is 1. The Hall–Kier alpha value is -2.15. The highest BCUT2D eigenvalue weighted by Gasteiger charge is 2.33. The van der Waals surface area contributed by atoms with Gasteiger partial charge in [0, 0.05) is 13.0 Å². The van der Waals surface area contributed by atoms with Gasteiger partial charge in [-0.15, -0.1) is 0 Å². The third kappa shape index (κ3) is 5.03. The number of carboxylic acids is 1. The number of aliphatic carboxylic acids is 1. The van der Waals surface area contributed by atoms with E-state index in [1.54, 1.807) is 0 Å². The predicted molar refractivity (Wildman–Crippen MR) is 72.4 cm³/mol. The van der Waals surface area contributed by atoms with Crippen LogP contribution in [0.3, 0.4) is 0 Å². The van der Waals surface area contributed by atoms with Gasteiger partial charge in [-0.2, -0.15) is 0 Å². The topological polar surface area (TPSA) is 95.9 Å². The maximum atomic E-state index is 12.8. The lowest BCUT2D eigenvalue weighted by Gasteiger charge is -2.27. The van der Waals surface area contributed by atoms with Crippen molar-refractivity contribution in [3.05, 3.63) is 30.1 Å². The third-order valence-corrected chi connectivity index (χ3v) is 2.75. The van der Waals surface area contributed by atoms with Gasteiger partial charge in [0.2, 0.25) is 0 Å². The summed E-state index contributed by atoms with van der Waals surface area (Å²) in [7, 11) is 0. The summed E-state index contributed by atoms with van der Waals surface area (Å²) >= 11 is 0. The fourth-order valence-electron chi connectivity index (χ4n) is 1.56. The van der Waals surface area contributed by atoms with Gasteiger partial charge in [0.25, 0.3) is 5.91 Å². The van der Waals surface area contributed by atoms with E-state index in [1.165, 1.54) is 38.1 Å². The number of carboxylic acid groups (broad SMARTS) is 1. The summed E-state index contributed by atoms with van der Waals surface area (Å²) in [6.45, 7) is 2.56. The molecule has 0 aliphatic carbocycles. The summed E-state index contributed by atoms with van der Waals surface area (Å²) < 4.78 is 18.2. The van der Waals surface area contributed by atoms with Gasteiger partial charge >= 0.3 is 5.97 Å². The average Bonchev–Trinajstić information content (AvgIpc) is 2.40. The molecule has 1 aromatic carbocycles. The standard InChI is InChI=1S/C14H18FNO5/c1-14(2,21-10-5-3-9(15)4-6-10)13(20)16-11(7-8-17)12(18)19/h3-6,11,17H,7-8H2,1-2H3,(H,16,20)(H,18,19)/t11-/m0/s1. The van der Waals surface area contributed by atoms with E-state index >= 15 is 0 Å². The third-order valence-electron chi connectivity index (χ3n) is 2.75. The molecule has 0 fully saturated rings. The first-order chi connectivity index (χ1) is 9.76. The van der Waals surface area contributed by atoms with Gasteiger partial charge in [0.05, 0.1) is 0 Å². The number of rotatable bonds is 7. The first kappa shape index (κ1) is 16.9. The monoisotopic (exact) mass is 299 g/mol. The lowest BCUT2D eigenvalue weighted by atomic mass is 10.1. The van der Waals surface area contributed by atoms with Gasteiger partial charge in [-0.05, 0) is 38.1 Å². The number of ether oxygens (including phenoxy) is 1. The Morgan fingerprint density at radius 2 is 1.90 bits per heavy atom. The van der Waals surface area contributed by atoms with Crippen LogP contribution in [0.2, 0.25) is 0 Å². The number of carbonyl (C=O) groups excluding carboxylic acids is 1. The van der Waals surface area contributed by atoms with E-state index in [9.17, 15) is 14.0 Å². The molecule has 0 saturated carbocycles. The average molecular weight is 299 g/mol. The van der Waals surface area contributed by atoms with Crippen molar-refractivity contribution >= 4 is 11.9 Å². The Morgan fingerprint density at radius 3 is 2.38 bits per heavy atom. The molecule has 6 nitrogen and oxygen atoms in total. The molecule has 1 rings (SSSR count). The van der Waals surface area contributed by atoms with Crippen molar-refractivity contribution in [2.24, 2.45) is 0 Å². The fourth-order valence-corrected chi connectivity index (χ4v) is 1.56. The second-order valence-electron chi connectivity index (χ2n) is 4.94. The van der Waals surface area contributed by atoms with Crippen LogP contribution in [0.15, 0.2) is 24.3 Å². The largest absolute Gasteiger partial charge is 0.480 e. The van der Waals surface area contributed by atoms with Crippen LogP contribution >= 0.6 is 0 Å². The summed E-state index contributed by atoms with van der Waals surface area (Å²) in [6, 6.07) is 3.92. The number of benzene rings is 1. The van der Waals surface area contributed by atoms with Crippen LogP contribution in [0.4, 0.5) is 4.39 Å². The molecule has 0 radical (unpaired) electrons. The summed E-state index contributed by atoms with van der Waals surface area (Å²) in [5, 5.41) is 20.0. The molecular formula is C14H18FNO5. The molecule has 0 spiro atoms. The minimum atomic E-state index is -1.35. The highest BCUT2D eigenvalue weighted by Crippen LogP contribution is 2.19. The molecule has 0 aliphatic rings. The van der Waals surface area contributed by atoms with E-state index in [4.69, 9.17) is 14.9 Å². The lowest BCUT2D eigenvalue weighted by molar-refractivity contribution is -0.145. The number of aliphatic hydroxyl groups excluding tert-OH is 1. The highest BCUT2D eigenvalue weighted by molar-refractivity contribution is 5.88. The minimum Gasteiger partial charge on any atom is -0.480 e. The predicted octanol–water partition coefficient (Wildman–Crippen LogP) is 0.935. The summed E-state index contributed by atoms with van der Waals surface area (Å²) in [6.07, 6.45) is -0.103. The molecule has 21 heavy (non-hydrogen) atoms. The van der Waals surface area contributed by atoms with Crippen molar-refractivity contribution in [2.75, 3.05) is 6.61 Å². The molecule has 0 heterocycles. The molecule has 1 atom stereocenters. The maximum absolute atomic E-state index is 12.8. The first-order valence-corrected chi connectivity index (χ1v) is 6.35. The van der Waals surface area contributed by atoms with Crippen molar-refractivity contribution in [3.8, 4) is 5.75 Å². The zero-order chi connectivity index (χ0) is 16.0. The lowest BCUT2D eigenvalue weighted by Crippen LogP contribution is -2.52. The molecule has 3 N–H and O–H groups in total. The molecule has 1 aromatic rings.